The zero-order valence-corrected chi connectivity index (χ0v) is 10.7. The number of H-pyrrole nitrogens is 1. The molecule has 0 saturated heterocycles. The van der Waals surface area contributed by atoms with E-state index in [2.05, 4.69) is 19.7 Å². The van der Waals surface area contributed by atoms with Gasteiger partial charge in [0.1, 0.15) is 0 Å². The van der Waals surface area contributed by atoms with Crippen LogP contribution in [0, 0.1) is 13.8 Å². The molecular formula is C9H15N3O4S. The van der Waals surface area contributed by atoms with Crippen molar-refractivity contribution in [3.05, 3.63) is 11.4 Å². The van der Waals surface area contributed by atoms with E-state index in [0.717, 1.165) is 0 Å². The number of sulfonamides is 1. The summed E-state index contributed by atoms with van der Waals surface area (Å²) in [5.41, 5.74) is 1.49. The smallest absolute Gasteiger partial charge is 0.323 e. The predicted octanol–water partition coefficient (Wildman–Crippen LogP) is 0.331. The lowest BCUT2D eigenvalue weighted by molar-refractivity contribution is -0.139. The standard InChI is InChI=1S/C9H15N3O4S/c1-4-16-8(13)5-17(14,15)12-9-6(2)10-11-7(9)3/h12H,4-5H2,1-3H3,(H,10,11). The number of aryl methyl sites for hydroxylation is 2. The number of carbonyl (C=O) groups is 1. The highest BCUT2D eigenvalue weighted by Crippen LogP contribution is 2.17. The summed E-state index contributed by atoms with van der Waals surface area (Å²) in [6, 6.07) is 0. The van der Waals surface area contributed by atoms with Crippen LogP contribution in [0.4, 0.5) is 5.69 Å². The molecule has 96 valence electrons. The van der Waals surface area contributed by atoms with Crippen LogP contribution in [0.25, 0.3) is 0 Å². The van der Waals surface area contributed by atoms with Crippen molar-refractivity contribution in [3.8, 4) is 0 Å². The lowest BCUT2D eigenvalue weighted by atomic mass is 10.3. The number of anilines is 1. The first-order valence-electron chi connectivity index (χ1n) is 5.03. The van der Waals surface area contributed by atoms with Crippen molar-refractivity contribution in [1.29, 1.82) is 0 Å². The van der Waals surface area contributed by atoms with Gasteiger partial charge in [-0.05, 0) is 20.8 Å². The Balaban J connectivity index is 2.77. The van der Waals surface area contributed by atoms with E-state index in [-0.39, 0.29) is 6.61 Å². The Morgan fingerprint density at radius 3 is 2.59 bits per heavy atom. The summed E-state index contributed by atoms with van der Waals surface area (Å²) < 4.78 is 30.1. The normalized spacial score (nSPS) is 11.2. The summed E-state index contributed by atoms with van der Waals surface area (Å²) in [6.45, 7) is 5.11. The summed E-state index contributed by atoms with van der Waals surface area (Å²) in [4.78, 5) is 11.1. The Morgan fingerprint density at radius 2 is 2.12 bits per heavy atom. The van der Waals surface area contributed by atoms with Gasteiger partial charge < -0.3 is 4.74 Å². The van der Waals surface area contributed by atoms with Crippen molar-refractivity contribution < 1.29 is 17.9 Å². The van der Waals surface area contributed by atoms with Gasteiger partial charge in [-0.2, -0.15) is 5.10 Å². The Morgan fingerprint density at radius 1 is 1.47 bits per heavy atom. The van der Waals surface area contributed by atoms with Gasteiger partial charge in [0.05, 0.1) is 23.7 Å². The molecule has 0 radical (unpaired) electrons. The maximum Gasteiger partial charge on any atom is 0.323 e. The van der Waals surface area contributed by atoms with Crippen molar-refractivity contribution in [3.63, 3.8) is 0 Å². The molecule has 0 aliphatic carbocycles. The van der Waals surface area contributed by atoms with Gasteiger partial charge in [0.15, 0.2) is 5.75 Å². The van der Waals surface area contributed by atoms with E-state index in [0.29, 0.717) is 17.1 Å². The third-order valence-corrected chi connectivity index (χ3v) is 3.13. The van der Waals surface area contributed by atoms with Crippen molar-refractivity contribution >= 4 is 21.7 Å². The highest BCUT2D eigenvalue weighted by molar-refractivity contribution is 7.93. The van der Waals surface area contributed by atoms with Gasteiger partial charge in [-0.1, -0.05) is 0 Å². The van der Waals surface area contributed by atoms with Gasteiger partial charge in [-0.3, -0.25) is 14.6 Å². The summed E-state index contributed by atoms with van der Waals surface area (Å²) in [5, 5.41) is 6.49. The Kier molecular flexibility index (Phi) is 4.11. The van der Waals surface area contributed by atoms with Gasteiger partial charge in [0, 0.05) is 0 Å². The fourth-order valence-electron chi connectivity index (χ4n) is 1.25. The average Bonchev–Trinajstić information content (AvgIpc) is 2.48. The fourth-order valence-corrected chi connectivity index (χ4v) is 2.33. The average molecular weight is 261 g/mol. The summed E-state index contributed by atoms with van der Waals surface area (Å²) >= 11 is 0. The minimum atomic E-state index is -3.76. The third kappa shape index (κ3) is 3.74. The molecule has 0 fully saturated rings. The van der Waals surface area contributed by atoms with Crippen molar-refractivity contribution in [1.82, 2.24) is 10.2 Å². The molecule has 0 aromatic carbocycles. The van der Waals surface area contributed by atoms with E-state index in [1.54, 1.807) is 20.8 Å². The topological polar surface area (TPSA) is 101 Å². The molecule has 1 rings (SSSR count). The number of carbonyl (C=O) groups excluding carboxylic acids is 1. The molecule has 0 spiro atoms. The molecule has 8 heteroatoms. The zero-order valence-electron chi connectivity index (χ0n) is 9.90. The van der Waals surface area contributed by atoms with Crippen LogP contribution in [-0.4, -0.2) is 36.9 Å². The van der Waals surface area contributed by atoms with Crippen LogP contribution in [0.5, 0.6) is 0 Å². The van der Waals surface area contributed by atoms with E-state index in [1.807, 2.05) is 0 Å². The van der Waals surface area contributed by atoms with E-state index in [4.69, 9.17) is 0 Å². The van der Waals surface area contributed by atoms with Gasteiger partial charge in [0.25, 0.3) is 0 Å². The molecule has 7 nitrogen and oxygen atoms in total. The second-order valence-electron chi connectivity index (χ2n) is 3.48. The van der Waals surface area contributed by atoms with Gasteiger partial charge in [-0.15, -0.1) is 0 Å². The maximum atomic E-state index is 11.6. The van der Waals surface area contributed by atoms with Crippen LogP contribution < -0.4 is 4.72 Å². The van der Waals surface area contributed by atoms with Gasteiger partial charge >= 0.3 is 5.97 Å². The second-order valence-corrected chi connectivity index (χ2v) is 5.20. The number of aromatic amines is 1. The maximum absolute atomic E-state index is 11.6. The van der Waals surface area contributed by atoms with Crippen LogP contribution in [-0.2, 0) is 19.6 Å². The summed E-state index contributed by atoms with van der Waals surface area (Å²) in [6.07, 6.45) is 0. The Hall–Kier alpha value is -1.57. The molecule has 0 saturated carbocycles. The van der Waals surface area contributed by atoms with E-state index in [9.17, 15) is 13.2 Å². The molecule has 0 unspecified atom stereocenters. The van der Waals surface area contributed by atoms with E-state index in [1.165, 1.54) is 0 Å². The molecule has 0 bridgehead atoms. The molecule has 0 aliphatic heterocycles. The number of ether oxygens (including phenoxy) is 1. The molecule has 1 aromatic heterocycles. The number of aromatic nitrogens is 2. The molecular weight excluding hydrogens is 246 g/mol. The minimum Gasteiger partial charge on any atom is -0.465 e. The molecule has 1 aromatic rings. The first-order chi connectivity index (χ1) is 7.85. The van der Waals surface area contributed by atoms with Crippen LogP contribution in [0.1, 0.15) is 18.3 Å². The number of nitrogens with one attached hydrogen (secondary N) is 2. The van der Waals surface area contributed by atoms with Crippen molar-refractivity contribution in [2.45, 2.75) is 20.8 Å². The third-order valence-electron chi connectivity index (χ3n) is 2.00. The monoisotopic (exact) mass is 261 g/mol. The second kappa shape index (κ2) is 5.17. The number of hydrogen-bond acceptors (Lipinski definition) is 5. The van der Waals surface area contributed by atoms with Crippen LogP contribution in [0.3, 0.4) is 0 Å². The number of esters is 1. The van der Waals surface area contributed by atoms with Crippen molar-refractivity contribution in [2.75, 3.05) is 17.1 Å². The molecule has 1 heterocycles. The largest absolute Gasteiger partial charge is 0.465 e. The van der Waals surface area contributed by atoms with E-state index < -0.39 is 21.7 Å². The molecule has 0 amide bonds. The fraction of sp³-hybridized carbons (Fsp3) is 0.556. The minimum absolute atomic E-state index is 0.151. The summed E-state index contributed by atoms with van der Waals surface area (Å²) in [5.74, 6) is -1.48. The highest BCUT2D eigenvalue weighted by Gasteiger charge is 2.20. The Bertz CT molecular complexity index is 487. The summed E-state index contributed by atoms with van der Waals surface area (Å²) in [7, 11) is -3.76. The van der Waals surface area contributed by atoms with E-state index >= 15 is 0 Å². The Labute approximate surface area is 99.6 Å². The van der Waals surface area contributed by atoms with Gasteiger partial charge in [0.2, 0.25) is 10.0 Å². The predicted molar refractivity (Wildman–Crippen MR) is 62.1 cm³/mol. The first-order valence-corrected chi connectivity index (χ1v) is 6.68. The lowest BCUT2D eigenvalue weighted by Gasteiger charge is -2.07. The van der Waals surface area contributed by atoms with Crippen molar-refractivity contribution in [2.24, 2.45) is 0 Å². The lowest BCUT2D eigenvalue weighted by Crippen LogP contribution is -2.24. The highest BCUT2D eigenvalue weighted by atomic mass is 32.2. The van der Waals surface area contributed by atoms with Gasteiger partial charge in [-0.25, -0.2) is 8.42 Å². The zero-order chi connectivity index (χ0) is 13.1. The molecule has 0 aliphatic rings. The van der Waals surface area contributed by atoms with Crippen LogP contribution in [0.15, 0.2) is 0 Å². The quantitative estimate of drug-likeness (QED) is 0.744. The number of rotatable bonds is 5. The SMILES string of the molecule is CCOC(=O)CS(=O)(=O)Nc1c(C)n[nH]c1C. The number of hydrogen-bond donors (Lipinski definition) is 2. The molecule has 17 heavy (non-hydrogen) atoms. The molecule has 0 atom stereocenters. The molecule has 2 N–H and O–H groups in total. The number of nitrogens with zero attached hydrogens (tertiary/aromatic N) is 1. The first kappa shape index (κ1) is 13.5. The van der Waals surface area contributed by atoms with Crippen LogP contribution in [0.2, 0.25) is 0 Å². The van der Waals surface area contributed by atoms with Crippen LogP contribution >= 0.6 is 0 Å².